The minimum Gasteiger partial charge on any atom is -0.467 e. The van der Waals surface area contributed by atoms with Crippen molar-refractivity contribution < 1.29 is 28.6 Å². The van der Waals surface area contributed by atoms with Crippen molar-refractivity contribution in [1.29, 1.82) is 0 Å². The molecule has 0 bridgehead atoms. The van der Waals surface area contributed by atoms with Gasteiger partial charge in [0, 0.05) is 0 Å². The summed E-state index contributed by atoms with van der Waals surface area (Å²) in [5, 5.41) is 2.37. The summed E-state index contributed by atoms with van der Waals surface area (Å²) >= 11 is 0. The number of esters is 2. The van der Waals surface area contributed by atoms with E-state index in [1.54, 1.807) is 20.8 Å². The number of methoxy groups -OCH3 is 1. The van der Waals surface area contributed by atoms with Crippen LogP contribution in [0.4, 0.5) is 4.79 Å². The van der Waals surface area contributed by atoms with E-state index < -0.39 is 35.6 Å². The van der Waals surface area contributed by atoms with Gasteiger partial charge in [0.1, 0.15) is 18.2 Å². The Morgan fingerprint density at radius 1 is 1.08 bits per heavy atom. The van der Waals surface area contributed by atoms with Crippen LogP contribution in [0.25, 0.3) is 0 Å². The van der Waals surface area contributed by atoms with Crippen LogP contribution in [0.1, 0.15) is 33.3 Å². The van der Waals surface area contributed by atoms with Crippen LogP contribution in [0, 0.1) is 5.92 Å². The molecule has 0 heterocycles. The summed E-state index contributed by atoms with van der Waals surface area (Å²) in [5.41, 5.74) is 0.0831. The van der Waals surface area contributed by atoms with Gasteiger partial charge in [-0.05, 0) is 33.3 Å². The first kappa shape index (κ1) is 20.5. The van der Waals surface area contributed by atoms with Crippen molar-refractivity contribution >= 4 is 18.0 Å². The molecule has 0 radical (unpaired) electrons. The molecule has 25 heavy (non-hydrogen) atoms. The monoisotopic (exact) mass is 351 g/mol. The first-order valence-corrected chi connectivity index (χ1v) is 7.92. The van der Waals surface area contributed by atoms with E-state index in [4.69, 9.17) is 9.47 Å². The first-order chi connectivity index (χ1) is 11.6. The molecule has 1 N–H and O–H groups in total. The number of benzene rings is 1. The summed E-state index contributed by atoms with van der Waals surface area (Å²) in [4.78, 5) is 36.1. The van der Waals surface area contributed by atoms with E-state index in [2.05, 4.69) is 10.1 Å². The molecule has 0 aliphatic rings. The smallest absolute Gasteiger partial charge is 0.408 e. The maximum absolute atomic E-state index is 12.2. The topological polar surface area (TPSA) is 90.9 Å². The number of carbonyl (C=O) groups is 3. The van der Waals surface area contributed by atoms with E-state index in [9.17, 15) is 14.4 Å². The van der Waals surface area contributed by atoms with Crippen molar-refractivity contribution in [3.05, 3.63) is 35.9 Å². The Balaban J connectivity index is 2.71. The van der Waals surface area contributed by atoms with Crippen LogP contribution >= 0.6 is 0 Å². The van der Waals surface area contributed by atoms with Crippen molar-refractivity contribution in [2.75, 3.05) is 7.11 Å². The third-order valence-corrected chi connectivity index (χ3v) is 3.22. The molecular formula is C18H25NO6. The normalized spacial score (nSPS) is 13.3. The van der Waals surface area contributed by atoms with Crippen molar-refractivity contribution in [3.63, 3.8) is 0 Å². The summed E-state index contributed by atoms with van der Waals surface area (Å²) in [6.07, 6.45) is -0.814. The second kappa shape index (κ2) is 9.05. The van der Waals surface area contributed by atoms with Gasteiger partial charge in [0.2, 0.25) is 0 Å². The van der Waals surface area contributed by atoms with E-state index >= 15 is 0 Å². The number of nitrogens with one attached hydrogen (secondary N) is 1. The average molecular weight is 351 g/mol. The van der Waals surface area contributed by atoms with Gasteiger partial charge in [0.15, 0.2) is 0 Å². The lowest BCUT2D eigenvalue weighted by molar-refractivity contribution is -0.156. The highest BCUT2D eigenvalue weighted by molar-refractivity contribution is 5.87. The third-order valence-electron chi connectivity index (χ3n) is 3.22. The molecule has 1 amide bonds. The Labute approximate surface area is 147 Å². The fraction of sp³-hybridized carbons (Fsp3) is 0.500. The van der Waals surface area contributed by atoms with Crippen molar-refractivity contribution in [2.24, 2.45) is 5.92 Å². The Morgan fingerprint density at radius 2 is 1.68 bits per heavy atom. The van der Waals surface area contributed by atoms with Gasteiger partial charge in [-0.15, -0.1) is 0 Å². The molecule has 2 atom stereocenters. The fourth-order valence-corrected chi connectivity index (χ4v) is 1.95. The number of amides is 1. The van der Waals surface area contributed by atoms with E-state index in [0.717, 1.165) is 5.56 Å². The van der Waals surface area contributed by atoms with E-state index in [-0.39, 0.29) is 6.61 Å². The minimum atomic E-state index is -1.21. The Kier molecular flexibility index (Phi) is 7.42. The summed E-state index contributed by atoms with van der Waals surface area (Å²) in [7, 11) is 1.17. The predicted molar refractivity (Wildman–Crippen MR) is 90.6 cm³/mol. The zero-order valence-electron chi connectivity index (χ0n) is 15.2. The van der Waals surface area contributed by atoms with Gasteiger partial charge in [0.05, 0.1) is 13.0 Å². The van der Waals surface area contributed by atoms with Crippen LogP contribution in [0.15, 0.2) is 30.3 Å². The molecule has 0 fully saturated rings. The fourth-order valence-electron chi connectivity index (χ4n) is 1.95. The summed E-state index contributed by atoms with van der Waals surface area (Å²) in [5.74, 6) is -2.32. The first-order valence-electron chi connectivity index (χ1n) is 7.92. The lowest BCUT2D eigenvalue weighted by Crippen LogP contribution is -2.49. The second-order valence-electron chi connectivity index (χ2n) is 6.53. The standard InChI is InChI=1S/C18H25NO6/c1-12(15(20)24-11-13-9-7-6-8-10-13)14(16(21)23-5)19-17(22)25-18(2,3)4/h6-10,12,14H,11H2,1-5H3,(H,19,22)/t12-,14+/m1/s1. The van der Waals surface area contributed by atoms with Crippen LogP contribution in [0.5, 0.6) is 0 Å². The van der Waals surface area contributed by atoms with Crippen LogP contribution < -0.4 is 5.32 Å². The highest BCUT2D eigenvalue weighted by atomic mass is 16.6. The summed E-state index contributed by atoms with van der Waals surface area (Å²) in [6.45, 7) is 6.63. The highest BCUT2D eigenvalue weighted by Gasteiger charge is 2.35. The van der Waals surface area contributed by atoms with Gasteiger partial charge in [-0.3, -0.25) is 4.79 Å². The molecule has 0 aliphatic heterocycles. The van der Waals surface area contributed by atoms with Crippen LogP contribution in [-0.2, 0) is 30.4 Å². The van der Waals surface area contributed by atoms with Gasteiger partial charge in [-0.1, -0.05) is 30.3 Å². The molecule has 0 saturated carbocycles. The third kappa shape index (κ3) is 7.24. The zero-order valence-corrected chi connectivity index (χ0v) is 15.2. The predicted octanol–water partition coefficient (Wildman–Crippen LogP) is 2.43. The number of alkyl carbamates (subject to hydrolysis) is 1. The number of rotatable bonds is 6. The Bertz CT molecular complexity index is 593. The van der Waals surface area contributed by atoms with Gasteiger partial charge in [0.25, 0.3) is 0 Å². The van der Waals surface area contributed by atoms with Gasteiger partial charge < -0.3 is 19.5 Å². The molecule has 1 aromatic carbocycles. The molecule has 138 valence electrons. The number of hydrogen-bond donors (Lipinski definition) is 1. The molecular weight excluding hydrogens is 326 g/mol. The molecule has 0 aromatic heterocycles. The van der Waals surface area contributed by atoms with Crippen molar-refractivity contribution in [3.8, 4) is 0 Å². The number of hydrogen-bond acceptors (Lipinski definition) is 6. The zero-order chi connectivity index (χ0) is 19.0. The second-order valence-corrected chi connectivity index (χ2v) is 6.53. The van der Waals surface area contributed by atoms with E-state index in [1.807, 2.05) is 30.3 Å². The molecule has 0 saturated heterocycles. The lowest BCUT2D eigenvalue weighted by atomic mass is 10.0. The maximum Gasteiger partial charge on any atom is 0.408 e. The lowest BCUT2D eigenvalue weighted by Gasteiger charge is -2.25. The van der Waals surface area contributed by atoms with Gasteiger partial charge in [-0.2, -0.15) is 0 Å². The molecule has 0 aliphatic carbocycles. The Morgan fingerprint density at radius 3 is 2.20 bits per heavy atom. The molecule has 7 nitrogen and oxygen atoms in total. The summed E-state index contributed by atoms with van der Waals surface area (Å²) < 4.78 is 15.0. The Hall–Kier alpha value is -2.57. The molecule has 1 rings (SSSR count). The number of ether oxygens (including phenoxy) is 3. The van der Waals surface area contributed by atoms with Crippen LogP contribution in [0.3, 0.4) is 0 Å². The van der Waals surface area contributed by atoms with Crippen LogP contribution in [0.2, 0.25) is 0 Å². The van der Waals surface area contributed by atoms with Gasteiger partial charge >= 0.3 is 18.0 Å². The highest BCUT2D eigenvalue weighted by Crippen LogP contribution is 2.12. The molecule has 1 aromatic rings. The largest absolute Gasteiger partial charge is 0.467 e. The molecule has 0 spiro atoms. The molecule has 7 heteroatoms. The van der Waals surface area contributed by atoms with Crippen LogP contribution in [-0.4, -0.2) is 36.8 Å². The SMILES string of the molecule is COC(=O)[C@@H](NC(=O)OC(C)(C)C)[C@@H](C)C(=O)OCc1ccccc1. The maximum atomic E-state index is 12.2. The van der Waals surface area contributed by atoms with Gasteiger partial charge in [-0.25, -0.2) is 9.59 Å². The average Bonchev–Trinajstić information content (AvgIpc) is 2.55. The van der Waals surface area contributed by atoms with Crippen molar-refractivity contribution in [2.45, 2.75) is 45.9 Å². The summed E-state index contributed by atoms with van der Waals surface area (Å²) in [6, 6.07) is 7.93. The minimum absolute atomic E-state index is 0.0738. The molecule has 0 unspecified atom stereocenters. The van der Waals surface area contributed by atoms with E-state index in [1.165, 1.54) is 14.0 Å². The van der Waals surface area contributed by atoms with Crippen molar-refractivity contribution in [1.82, 2.24) is 5.32 Å². The number of carbonyl (C=O) groups excluding carboxylic acids is 3. The quantitative estimate of drug-likeness (QED) is 0.625. The van der Waals surface area contributed by atoms with E-state index in [0.29, 0.717) is 0 Å².